The van der Waals surface area contributed by atoms with Crippen molar-refractivity contribution in [3.63, 3.8) is 0 Å². The number of thiazole rings is 1. The van der Waals surface area contributed by atoms with Crippen LogP contribution < -0.4 is 5.32 Å². The smallest absolute Gasteiger partial charge is 0.295 e. The number of oxazole rings is 1. The third-order valence-electron chi connectivity index (χ3n) is 2.43. The molecule has 0 unspecified atom stereocenters. The quantitative estimate of drug-likeness (QED) is 0.767. The monoisotopic (exact) mass is 245 g/mol. The van der Waals surface area contributed by atoms with Gasteiger partial charge in [-0.3, -0.25) is 0 Å². The fourth-order valence-corrected chi connectivity index (χ4v) is 2.20. The Morgan fingerprint density at radius 1 is 1.29 bits per heavy atom. The molecule has 3 rings (SSSR count). The molecule has 1 N–H and O–H groups in total. The third kappa shape index (κ3) is 2.29. The molecule has 0 saturated carbocycles. The number of para-hydroxylation sites is 2. The van der Waals surface area contributed by atoms with Crippen molar-refractivity contribution in [1.82, 2.24) is 9.97 Å². The van der Waals surface area contributed by atoms with Crippen LogP contribution in [0, 0.1) is 0 Å². The van der Waals surface area contributed by atoms with Gasteiger partial charge in [0.25, 0.3) is 6.01 Å². The van der Waals surface area contributed by atoms with Crippen LogP contribution in [0.1, 0.15) is 5.69 Å². The molecule has 0 saturated heterocycles. The lowest BCUT2D eigenvalue weighted by molar-refractivity contribution is 0.614. The highest BCUT2D eigenvalue weighted by atomic mass is 32.1. The number of aromatic nitrogens is 2. The van der Waals surface area contributed by atoms with Gasteiger partial charge < -0.3 is 9.73 Å². The molecule has 0 radical (unpaired) electrons. The maximum Gasteiger partial charge on any atom is 0.295 e. The van der Waals surface area contributed by atoms with Gasteiger partial charge in [0.05, 0.1) is 11.2 Å². The average Bonchev–Trinajstić information content (AvgIpc) is 2.96. The zero-order valence-corrected chi connectivity index (χ0v) is 9.91. The van der Waals surface area contributed by atoms with Gasteiger partial charge in [0.15, 0.2) is 5.58 Å². The van der Waals surface area contributed by atoms with Gasteiger partial charge in [-0.05, 0) is 12.1 Å². The molecule has 0 spiro atoms. The molecular formula is C12H11N3OS. The van der Waals surface area contributed by atoms with Crippen LogP contribution in [0.15, 0.2) is 39.6 Å². The van der Waals surface area contributed by atoms with E-state index in [0.29, 0.717) is 6.01 Å². The summed E-state index contributed by atoms with van der Waals surface area (Å²) in [5.41, 5.74) is 4.63. The van der Waals surface area contributed by atoms with Gasteiger partial charge in [-0.15, -0.1) is 11.3 Å². The minimum absolute atomic E-state index is 0.571. The fourth-order valence-electron chi connectivity index (χ4n) is 1.61. The molecular weight excluding hydrogens is 234 g/mol. The molecule has 5 heteroatoms. The minimum Gasteiger partial charge on any atom is -0.424 e. The molecule has 4 nitrogen and oxygen atoms in total. The molecule has 0 bridgehead atoms. The zero-order valence-electron chi connectivity index (χ0n) is 9.09. The molecule has 0 aliphatic heterocycles. The van der Waals surface area contributed by atoms with E-state index in [0.717, 1.165) is 29.8 Å². The Hall–Kier alpha value is -1.88. The average molecular weight is 245 g/mol. The van der Waals surface area contributed by atoms with Gasteiger partial charge in [-0.25, -0.2) is 4.98 Å². The van der Waals surface area contributed by atoms with E-state index in [-0.39, 0.29) is 0 Å². The fraction of sp³-hybridized carbons (Fsp3) is 0.167. The standard InChI is InChI=1S/C12H11N3OS/c1-2-4-11-10(3-1)15-12(16-11)13-6-5-9-7-17-8-14-9/h1-4,7-8H,5-6H2,(H,13,15). The van der Waals surface area contributed by atoms with Crippen LogP contribution in [0.5, 0.6) is 0 Å². The SMILES string of the molecule is c1ccc2oc(NCCc3cscn3)nc2c1. The van der Waals surface area contributed by atoms with E-state index in [1.165, 1.54) is 0 Å². The highest BCUT2D eigenvalue weighted by molar-refractivity contribution is 7.07. The Morgan fingerprint density at radius 3 is 3.06 bits per heavy atom. The van der Waals surface area contributed by atoms with Gasteiger partial charge in [0.1, 0.15) is 5.52 Å². The van der Waals surface area contributed by atoms with E-state index >= 15 is 0 Å². The zero-order chi connectivity index (χ0) is 11.5. The summed E-state index contributed by atoms with van der Waals surface area (Å²) < 4.78 is 5.55. The first kappa shape index (κ1) is 10.3. The lowest BCUT2D eigenvalue weighted by Crippen LogP contribution is -2.04. The van der Waals surface area contributed by atoms with Crippen LogP contribution in [0.25, 0.3) is 11.1 Å². The summed E-state index contributed by atoms with van der Waals surface area (Å²) in [6, 6.07) is 8.30. The van der Waals surface area contributed by atoms with Crippen LogP contribution in [-0.2, 0) is 6.42 Å². The Labute approximate surface area is 102 Å². The summed E-state index contributed by atoms with van der Waals surface area (Å²) in [5, 5.41) is 5.21. The predicted octanol–water partition coefficient (Wildman–Crippen LogP) is 2.94. The topological polar surface area (TPSA) is 51.0 Å². The summed E-state index contributed by atoms with van der Waals surface area (Å²) in [5.74, 6) is 0. The van der Waals surface area contributed by atoms with Crippen molar-refractivity contribution >= 4 is 28.5 Å². The van der Waals surface area contributed by atoms with Crippen LogP contribution in [0.2, 0.25) is 0 Å². The number of hydrogen-bond acceptors (Lipinski definition) is 5. The Bertz CT molecular complexity index is 570. The van der Waals surface area contributed by atoms with E-state index in [4.69, 9.17) is 4.42 Å². The number of nitrogens with zero attached hydrogens (tertiary/aromatic N) is 2. The Morgan fingerprint density at radius 2 is 2.24 bits per heavy atom. The largest absolute Gasteiger partial charge is 0.424 e. The molecule has 0 aliphatic rings. The highest BCUT2D eigenvalue weighted by Gasteiger charge is 2.03. The van der Waals surface area contributed by atoms with Crippen molar-refractivity contribution in [2.45, 2.75) is 6.42 Å². The van der Waals surface area contributed by atoms with Gasteiger partial charge >= 0.3 is 0 Å². The maximum atomic E-state index is 5.55. The van der Waals surface area contributed by atoms with Crippen LogP contribution >= 0.6 is 11.3 Å². The first-order valence-electron chi connectivity index (χ1n) is 5.38. The second-order valence-electron chi connectivity index (χ2n) is 3.64. The molecule has 0 fully saturated rings. The van der Waals surface area contributed by atoms with Gasteiger partial charge in [0.2, 0.25) is 0 Å². The van der Waals surface area contributed by atoms with E-state index in [2.05, 4.69) is 15.3 Å². The first-order chi connectivity index (χ1) is 8.42. The number of fused-ring (bicyclic) bond motifs is 1. The van der Waals surface area contributed by atoms with Crippen molar-refractivity contribution in [2.75, 3.05) is 11.9 Å². The second-order valence-corrected chi connectivity index (χ2v) is 4.36. The van der Waals surface area contributed by atoms with Gasteiger partial charge in [-0.1, -0.05) is 12.1 Å². The summed E-state index contributed by atoms with van der Waals surface area (Å²) in [6.07, 6.45) is 0.877. The number of rotatable bonds is 4. The van der Waals surface area contributed by atoms with Gasteiger partial charge in [0, 0.05) is 18.3 Å². The maximum absolute atomic E-state index is 5.55. The molecule has 0 aliphatic carbocycles. The summed E-state index contributed by atoms with van der Waals surface area (Å²) >= 11 is 1.61. The highest BCUT2D eigenvalue weighted by Crippen LogP contribution is 2.17. The number of anilines is 1. The summed E-state index contributed by atoms with van der Waals surface area (Å²) in [4.78, 5) is 8.55. The van der Waals surface area contributed by atoms with E-state index in [9.17, 15) is 0 Å². The van der Waals surface area contributed by atoms with Crippen LogP contribution in [0.3, 0.4) is 0 Å². The Balaban J connectivity index is 1.65. The lowest BCUT2D eigenvalue weighted by atomic mass is 10.3. The van der Waals surface area contributed by atoms with Crippen molar-refractivity contribution < 1.29 is 4.42 Å². The lowest BCUT2D eigenvalue weighted by Gasteiger charge is -1.98. The second kappa shape index (κ2) is 4.55. The van der Waals surface area contributed by atoms with Crippen molar-refractivity contribution in [3.8, 4) is 0 Å². The number of hydrogen-bond donors (Lipinski definition) is 1. The van der Waals surface area contributed by atoms with E-state index < -0.39 is 0 Å². The molecule has 86 valence electrons. The summed E-state index contributed by atoms with van der Waals surface area (Å²) in [6.45, 7) is 0.774. The third-order valence-corrected chi connectivity index (χ3v) is 3.07. The van der Waals surface area contributed by atoms with Gasteiger partial charge in [-0.2, -0.15) is 4.98 Å². The normalized spacial score (nSPS) is 10.8. The van der Waals surface area contributed by atoms with Crippen molar-refractivity contribution in [3.05, 3.63) is 40.8 Å². The molecule has 0 atom stereocenters. The summed E-state index contributed by atoms with van der Waals surface area (Å²) in [7, 11) is 0. The Kier molecular flexibility index (Phi) is 2.75. The molecule has 0 amide bonds. The number of benzene rings is 1. The van der Waals surface area contributed by atoms with E-state index in [1.54, 1.807) is 11.3 Å². The molecule has 17 heavy (non-hydrogen) atoms. The predicted molar refractivity (Wildman–Crippen MR) is 68.3 cm³/mol. The first-order valence-corrected chi connectivity index (χ1v) is 6.32. The van der Waals surface area contributed by atoms with Crippen molar-refractivity contribution in [1.29, 1.82) is 0 Å². The minimum atomic E-state index is 0.571. The van der Waals surface area contributed by atoms with Crippen LogP contribution in [-0.4, -0.2) is 16.5 Å². The molecule has 3 aromatic rings. The molecule has 2 heterocycles. The van der Waals surface area contributed by atoms with Crippen molar-refractivity contribution in [2.24, 2.45) is 0 Å². The molecule has 1 aromatic carbocycles. The van der Waals surface area contributed by atoms with Crippen LogP contribution in [0.4, 0.5) is 6.01 Å². The molecule has 2 aromatic heterocycles. The van der Waals surface area contributed by atoms with E-state index in [1.807, 2.05) is 35.2 Å². The number of nitrogens with one attached hydrogen (secondary N) is 1.